The van der Waals surface area contributed by atoms with Gasteiger partial charge in [-0.25, -0.2) is 4.79 Å². The predicted molar refractivity (Wildman–Crippen MR) is 312 cm³/mol. The first kappa shape index (κ1) is 70.1. The second-order valence-electron chi connectivity index (χ2n) is 19.5. The van der Waals surface area contributed by atoms with Gasteiger partial charge in [0, 0.05) is 12.8 Å². The number of hydrogen-bond acceptors (Lipinski definition) is 11. The van der Waals surface area contributed by atoms with Gasteiger partial charge in [-0.2, -0.15) is 0 Å². The van der Waals surface area contributed by atoms with Gasteiger partial charge in [0.25, 0.3) is 0 Å². The molecule has 0 radical (unpaired) electrons. The van der Waals surface area contributed by atoms with E-state index in [2.05, 4.69) is 118 Å². The van der Waals surface area contributed by atoms with Gasteiger partial charge in [0.1, 0.15) is 18.8 Å². The van der Waals surface area contributed by atoms with Crippen LogP contribution in [0.3, 0.4) is 0 Å². The van der Waals surface area contributed by atoms with Gasteiger partial charge < -0.3 is 39.0 Å². The Kier molecular flexibility index (Phi) is 47.2. The summed E-state index contributed by atoms with van der Waals surface area (Å²) in [4.78, 5) is 51.1. The lowest BCUT2D eigenvalue weighted by Gasteiger charge is -2.40. The highest BCUT2D eigenvalue weighted by atomic mass is 16.7. The van der Waals surface area contributed by atoms with Crippen molar-refractivity contribution >= 4 is 23.9 Å². The predicted octanol–water partition coefficient (Wildman–Crippen LogP) is 15.2. The lowest BCUT2D eigenvalue weighted by atomic mass is 9.98. The van der Waals surface area contributed by atoms with Crippen molar-refractivity contribution in [2.24, 2.45) is 0 Å². The zero-order valence-electron chi connectivity index (χ0n) is 47.7. The van der Waals surface area contributed by atoms with Crippen LogP contribution in [0.25, 0.3) is 0 Å². The molecule has 0 aromatic carbocycles. The third-order valence-corrected chi connectivity index (χ3v) is 12.5. The minimum Gasteiger partial charge on any atom is -0.479 e. The van der Waals surface area contributed by atoms with Crippen LogP contribution in [0.4, 0.5) is 0 Å². The highest BCUT2D eigenvalue weighted by Gasteiger charge is 2.50. The molecule has 0 aromatic rings. The molecule has 0 aliphatic carbocycles. The van der Waals surface area contributed by atoms with Crippen LogP contribution in [0.2, 0.25) is 0 Å². The molecule has 0 saturated carbocycles. The molecule has 1 fully saturated rings. The Morgan fingerprint density at radius 3 is 1.32 bits per heavy atom. The summed E-state index contributed by atoms with van der Waals surface area (Å²) >= 11 is 0. The number of aliphatic carboxylic acids is 1. The molecule has 0 aromatic heterocycles. The van der Waals surface area contributed by atoms with Crippen LogP contribution in [0.15, 0.2) is 122 Å². The number of carboxylic acid groups (broad SMARTS) is 1. The SMILES string of the molecule is CC/C=C\C/C=C\C/C=C\C/C=C\C/C=C\CC(=O)OC(COC(=O)CCCCCC/C=C\C/C=C\C/C=C\C/C=C\CC)COC1OC(C(=O)O)C(O)C(O)C1OC(=O)CCCCCCC/C=C\CCCCCCCC. The molecule has 434 valence electrons. The number of esters is 3. The molecule has 1 aliphatic heterocycles. The minimum absolute atomic E-state index is 0.0316. The number of rotatable bonds is 48. The van der Waals surface area contributed by atoms with Crippen molar-refractivity contribution in [2.45, 2.75) is 250 Å². The van der Waals surface area contributed by atoms with E-state index in [0.717, 1.165) is 116 Å². The number of carboxylic acids is 1. The summed E-state index contributed by atoms with van der Waals surface area (Å²) in [6.07, 6.45) is 59.1. The fourth-order valence-electron chi connectivity index (χ4n) is 8.07. The standard InChI is InChI=1S/C65H102O12/c1-4-7-10-13-16-19-22-25-28-29-32-33-36-39-42-45-48-51-57(66)73-54-56(75-58(67)52-49-46-43-40-37-34-30-26-23-20-17-14-11-8-5-2)55-74-65-63(61(70)60(69)62(77-65)64(71)72)76-59(68)53-50-47-44-41-38-35-31-27-24-21-18-15-12-9-6-3/h7-8,10-11,16-17,19-20,25-28,30-33,37,40,46,49,56,60-63,65,69-70H,4-6,9,12-15,18,21-24,29,34-36,38-39,41-45,47-48,50-55H2,1-3H3,(H,71,72)/b10-7-,11-8-,19-16-,20-17-,28-25-,30-26-,31-27-,33-32-,40-37-,49-46-. The van der Waals surface area contributed by atoms with Gasteiger partial charge in [-0.05, 0) is 109 Å². The monoisotopic (exact) mass is 1070 g/mol. The second-order valence-corrected chi connectivity index (χ2v) is 19.5. The zero-order valence-corrected chi connectivity index (χ0v) is 47.7. The van der Waals surface area contributed by atoms with Crippen molar-refractivity contribution < 1.29 is 58.2 Å². The summed E-state index contributed by atoms with van der Waals surface area (Å²) in [6, 6.07) is 0. The number of allylic oxidation sites excluding steroid dienone is 19. The summed E-state index contributed by atoms with van der Waals surface area (Å²) in [5.41, 5.74) is 0. The van der Waals surface area contributed by atoms with Crippen molar-refractivity contribution in [3.05, 3.63) is 122 Å². The Bertz CT molecular complexity index is 1800. The van der Waals surface area contributed by atoms with Crippen molar-refractivity contribution in [1.82, 2.24) is 0 Å². The molecule has 12 nitrogen and oxygen atoms in total. The quantitative estimate of drug-likeness (QED) is 0.0228. The Morgan fingerprint density at radius 1 is 0.455 bits per heavy atom. The molecule has 12 heteroatoms. The molecule has 77 heavy (non-hydrogen) atoms. The lowest BCUT2D eigenvalue weighted by Crippen LogP contribution is -2.61. The lowest BCUT2D eigenvalue weighted by molar-refractivity contribution is -0.301. The minimum atomic E-state index is -1.93. The molecule has 1 rings (SSSR count). The molecule has 1 aliphatic rings. The van der Waals surface area contributed by atoms with E-state index in [1.807, 2.05) is 18.2 Å². The molecule has 1 heterocycles. The Morgan fingerprint density at radius 2 is 0.857 bits per heavy atom. The van der Waals surface area contributed by atoms with Crippen LogP contribution in [0, 0.1) is 0 Å². The third kappa shape index (κ3) is 41.8. The van der Waals surface area contributed by atoms with E-state index in [-0.39, 0.29) is 25.9 Å². The maximum absolute atomic E-state index is 13.1. The van der Waals surface area contributed by atoms with Gasteiger partial charge in [0.2, 0.25) is 0 Å². The Labute approximate surface area is 465 Å². The number of aliphatic hydroxyl groups is 2. The zero-order chi connectivity index (χ0) is 56.1. The molecule has 3 N–H and O–H groups in total. The van der Waals surface area contributed by atoms with Gasteiger partial charge in [0.05, 0.1) is 13.0 Å². The smallest absolute Gasteiger partial charge is 0.335 e. The molecule has 0 spiro atoms. The Hall–Kier alpha value is -4.88. The third-order valence-electron chi connectivity index (χ3n) is 12.5. The summed E-state index contributed by atoms with van der Waals surface area (Å²) in [5.74, 6) is -3.35. The van der Waals surface area contributed by atoms with Crippen LogP contribution in [-0.4, -0.2) is 89.2 Å². The number of carbonyl (C=O) groups excluding carboxylic acids is 3. The van der Waals surface area contributed by atoms with Gasteiger partial charge in [-0.3, -0.25) is 14.4 Å². The fourth-order valence-corrected chi connectivity index (χ4v) is 8.07. The summed E-state index contributed by atoms with van der Waals surface area (Å²) < 4.78 is 28.3. The molecule has 6 unspecified atom stereocenters. The summed E-state index contributed by atoms with van der Waals surface area (Å²) in [7, 11) is 0. The van der Waals surface area contributed by atoms with Crippen molar-refractivity contribution in [3.63, 3.8) is 0 Å². The number of hydrogen-bond donors (Lipinski definition) is 3. The number of aliphatic hydroxyl groups excluding tert-OH is 2. The first-order valence-corrected chi connectivity index (χ1v) is 29.5. The molecular formula is C65H102O12. The highest BCUT2D eigenvalue weighted by molar-refractivity contribution is 5.74. The van der Waals surface area contributed by atoms with Crippen molar-refractivity contribution in [3.8, 4) is 0 Å². The van der Waals surface area contributed by atoms with Crippen LogP contribution >= 0.6 is 0 Å². The second kappa shape index (κ2) is 51.9. The molecule has 6 atom stereocenters. The highest BCUT2D eigenvalue weighted by Crippen LogP contribution is 2.26. The first-order valence-electron chi connectivity index (χ1n) is 29.5. The van der Waals surface area contributed by atoms with Gasteiger partial charge >= 0.3 is 23.9 Å². The molecule has 0 bridgehead atoms. The van der Waals surface area contributed by atoms with Crippen molar-refractivity contribution in [1.29, 1.82) is 0 Å². The van der Waals surface area contributed by atoms with Gasteiger partial charge in [0.15, 0.2) is 24.6 Å². The van der Waals surface area contributed by atoms with Crippen LogP contribution < -0.4 is 0 Å². The Balaban J connectivity index is 2.78. The molecule has 1 saturated heterocycles. The van der Waals surface area contributed by atoms with E-state index < -0.39 is 67.3 Å². The van der Waals surface area contributed by atoms with E-state index >= 15 is 0 Å². The van der Waals surface area contributed by atoms with Gasteiger partial charge in [-0.15, -0.1) is 0 Å². The summed E-state index contributed by atoms with van der Waals surface area (Å²) in [5, 5.41) is 31.5. The van der Waals surface area contributed by atoms with E-state index in [1.54, 1.807) is 6.08 Å². The fraction of sp³-hybridized carbons (Fsp3) is 0.631. The van der Waals surface area contributed by atoms with E-state index in [0.29, 0.717) is 19.3 Å². The normalized spacial score (nSPS) is 18.9. The number of carbonyl (C=O) groups is 4. The summed E-state index contributed by atoms with van der Waals surface area (Å²) in [6.45, 7) is 5.64. The van der Waals surface area contributed by atoms with Gasteiger partial charge in [-0.1, -0.05) is 206 Å². The van der Waals surface area contributed by atoms with Crippen molar-refractivity contribution in [2.75, 3.05) is 13.2 Å². The number of ether oxygens (including phenoxy) is 5. The van der Waals surface area contributed by atoms with E-state index in [4.69, 9.17) is 23.7 Å². The average Bonchev–Trinajstić information content (AvgIpc) is 3.43. The van der Waals surface area contributed by atoms with Crippen LogP contribution in [0.5, 0.6) is 0 Å². The maximum Gasteiger partial charge on any atom is 0.335 e. The largest absolute Gasteiger partial charge is 0.479 e. The number of unbranched alkanes of at least 4 members (excludes halogenated alkanes) is 15. The topological polar surface area (TPSA) is 175 Å². The molecular weight excluding hydrogens is 973 g/mol. The molecule has 0 amide bonds. The van der Waals surface area contributed by atoms with Crippen LogP contribution in [0.1, 0.15) is 213 Å². The van der Waals surface area contributed by atoms with E-state index in [9.17, 15) is 34.5 Å². The average molecular weight is 1080 g/mol. The first-order chi connectivity index (χ1) is 37.6. The van der Waals surface area contributed by atoms with E-state index in [1.165, 1.54) is 38.5 Å². The van der Waals surface area contributed by atoms with Crippen LogP contribution in [-0.2, 0) is 42.9 Å². The maximum atomic E-state index is 13.1.